The normalized spacial score (nSPS) is 12.6. The minimum Gasteiger partial charge on any atom is -0.494 e. The van der Waals surface area contributed by atoms with E-state index < -0.39 is 42.1 Å². The number of hydrogen-bond acceptors (Lipinski definition) is 5. The smallest absolute Gasteiger partial charge is 0.305 e. The van der Waals surface area contributed by atoms with Gasteiger partial charge >= 0.3 is 5.97 Å². The number of methoxy groups -OCH3 is 1. The van der Waals surface area contributed by atoms with Gasteiger partial charge in [-0.05, 0) is 74.1 Å². The van der Waals surface area contributed by atoms with Gasteiger partial charge in [-0.15, -0.1) is 0 Å². The maximum atomic E-state index is 14.4. The van der Waals surface area contributed by atoms with Gasteiger partial charge < -0.3 is 29.9 Å². The maximum absolute atomic E-state index is 14.4. The highest BCUT2D eigenvalue weighted by Crippen LogP contribution is 2.42. The molecule has 0 bridgehead atoms. The molecule has 0 fully saturated rings. The zero-order valence-electron chi connectivity index (χ0n) is 25.5. The highest BCUT2D eigenvalue weighted by molar-refractivity contribution is 6.05. The first-order chi connectivity index (χ1) is 21.5. The van der Waals surface area contributed by atoms with Gasteiger partial charge in [0.15, 0.2) is 11.6 Å². The van der Waals surface area contributed by atoms with Crippen molar-refractivity contribution in [1.82, 2.24) is 9.88 Å². The molecule has 1 aromatic heterocycles. The molecule has 0 radical (unpaired) electrons. The van der Waals surface area contributed by atoms with E-state index in [9.17, 15) is 28.6 Å². The van der Waals surface area contributed by atoms with Crippen LogP contribution in [-0.4, -0.2) is 51.1 Å². The summed E-state index contributed by atoms with van der Waals surface area (Å²) in [5, 5.41) is 32.8. The number of carboxylic acid groups (broad SMARTS) is 1. The molecule has 0 saturated carbocycles. The molecular formula is C35H38F2N2O6. The Kier molecular flexibility index (Phi) is 11.1. The number of rotatable bonds is 14. The second kappa shape index (κ2) is 15.0. The van der Waals surface area contributed by atoms with Gasteiger partial charge in [0.25, 0.3) is 5.91 Å². The quantitative estimate of drug-likeness (QED) is 0.134. The molecule has 3 aromatic carbocycles. The average molecular weight is 621 g/mol. The molecule has 0 aliphatic heterocycles. The number of carboxylic acids is 1. The fraction of sp³-hybridized carbons (Fsp3) is 0.314. The number of aliphatic carboxylic acids is 1. The summed E-state index contributed by atoms with van der Waals surface area (Å²) in [4.78, 5) is 25.1. The molecule has 4 aromatic rings. The van der Waals surface area contributed by atoms with E-state index in [2.05, 4.69) is 5.32 Å². The number of aliphatic hydroxyl groups excluding tert-OH is 2. The number of aromatic nitrogens is 1. The fourth-order valence-corrected chi connectivity index (χ4v) is 5.60. The topological polar surface area (TPSA) is 121 Å². The minimum atomic E-state index is -1.21. The van der Waals surface area contributed by atoms with Crippen LogP contribution in [0.3, 0.4) is 0 Å². The van der Waals surface area contributed by atoms with E-state index in [0.717, 1.165) is 5.56 Å². The summed E-state index contributed by atoms with van der Waals surface area (Å²) in [7, 11) is 1.37. The average Bonchev–Trinajstić information content (AvgIpc) is 3.35. The number of benzene rings is 3. The van der Waals surface area contributed by atoms with Gasteiger partial charge in [0, 0.05) is 29.4 Å². The van der Waals surface area contributed by atoms with Gasteiger partial charge in [-0.2, -0.15) is 0 Å². The van der Waals surface area contributed by atoms with E-state index in [1.807, 2.05) is 48.7 Å². The number of amides is 1. The van der Waals surface area contributed by atoms with Crippen LogP contribution in [0.2, 0.25) is 0 Å². The molecule has 45 heavy (non-hydrogen) atoms. The van der Waals surface area contributed by atoms with E-state index in [-0.39, 0.29) is 37.6 Å². The van der Waals surface area contributed by atoms with Crippen molar-refractivity contribution < 1.29 is 38.4 Å². The molecule has 2 unspecified atom stereocenters. The summed E-state index contributed by atoms with van der Waals surface area (Å²) >= 11 is 0. The monoisotopic (exact) mass is 620 g/mol. The first-order valence-corrected chi connectivity index (χ1v) is 14.8. The van der Waals surface area contributed by atoms with E-state index in [0.29, 0.717) is 33.6 Å². The molecule has 0 aliphatic carbocycles. The first kappa shape index (κ1) is 33.4. The largest absolute Gasteiger partial charge is 0.494 e. The predicted octanol–water partition coefficient (Wildman–Crippen LogP) is 6.14. The van der Waals surface area contributed by atoms with Crippen molar-refractivity contribution in [3.05, 3.63) is 101 Å². The molecule has 0 aliphatic rings. The Labute approximate surface area is 260 Å². The summed E-state index contributed by atoms with van der Waals surface area (Å²) in [5.41, 5.74) is 4.31. The molecular weight excluding hydrogens is 582 g/mol. The standard InChI is InChI=1S/C35H38F2N2O6/c1-21(2)39-29(15-14-26(40)18-27(41)19-31(42)43)32(24-10-12-25(36)13-11-24)33(23-7-5-4-6-8-23)34(39)35(44)38-20-22-9-16-30(45-3)28(37)17-22/h4-13,16-17,21,26-27,40-41H,14-15,18-20H2,1-3H3,(H,38,44)(H,42,43). The molecule has 4 N–H and O–H groups in total. The van der Waals surface area contributed by atoms with Crippen molar-refractivity contribution in [1.29, 1.82) is 0 Å². The summed E-state index contributed by atoms with van der Waals surface area (Å²) < 4.78 is 35.3. The van der Waals surface area contributed by atoms with Gasteiger partial charge in [0.05, 0.1) is 25.7 Å². The Hall–Kier alpha value is -4.54. The first-order valence-electron chi connectivity index (χ1n) is 14.8. The van der Waals surface area contributed by atoms with Gasteiger partial charge in [0.2, 0.25) is 0 Å². The van der Waals surface area contributed by atoms with E-state index in [1.54, 1.807) is 18.2 Å². The zero-order chi connectivity index (χ0) is 32.7. The molecule has 1 heterocycles. The molecule has 2 atom stereocenters. The summed E-state index contributed by atoms with van der Waals surface area (Å²) in [6.07, 6.45) is -2.41. The van der Waals surface area contributed by atoms with Crippen LogP contribution in [0.15, 0.2) is 72.8 Å². The third-order valence-electron chi connectivity index (χ3n) is 7.57. The summed E-state index contributed by atoms with van der Waals surface area (Å²) in [6, 6.07) is 19.5. The number of hydrogen-bond donors (Lipinski definition) is 4. The lowest BCUT2D eigenvalue weighted by atomic mass is 9.92. The van der Waals surface area contributed by atoms with Crippen molar-refractivity contribution in [2.24, 2.45) is 0 Å². The zero-order valence-corrected chi connectivity index (χ0v) is 25.5. The molecule has 1 amide bonds. The highest BCUT2D eigenvalue weighted by atomic mass is 19.1. The van der Waals surface area contributed by atoms with Crippen LogP contribution in [0.4, 0.5) is 8.78 Å². The van der Waals surface area contributed by atoms with Crippen LogP contribution in [0.25, 0.3) is 22.3 Å². The van der Waals surface area contributed by atoms with Crippen LogP contribution >= 0.6 is 0 Å². The van der Waals surface area contributed by atoms with Crippen LogP contribution in [0.1, 0.15) is 60.9 Å². The van der Waals surface area contributed by atoms with Crippen molar-refractivity contribution in [2.45, 2.75) is 64.3 Å². The van der Waals surface area contributed by atoms with Crippen LogP contribution in [0.5, 0.6) is 5.75 Å². The van der Waals surface area contributed by atoms with Crippen LogP contribution in [0, 0.1) is 11.6 Å². The van der Waals surface area contributed by atoms with Crippen LogP contribution in [-0.2, 0) is 17.8 Å². The highest BCUT2D eigenvalue weighted by Gasteiger charge is 2.30. The number of carbonyl (C=O) groups is 2. The number of carbonyl (C=O) groups excluding carboxylic acids is 1. The number of nitrogens with zero attached hydrogens (tertiary/aromatic N) is 1. The molecule has 0 saturated heterocycles. The maximum Gasteiger partial charge on any atom is 0.305 e. The molecule has 0 spiro atoms. The van der Waals surface area contributed by atoms with E-state index in [4.69, 9.17) is 9.84 Å². The lowest BCUT2D eigenvalue weighted by molar-refractivity contribution is -0.139. The third kappa shape index (κ3) is 8.14. The number of halogens is 2. The van der Waals surface area contributed by atoms with E-state index >= 15 is 0 Å². The fourth-order valence-electron chi connectivity index (χ4n) is 5.60. The number of aliphatic hydroxyl groups is 2. The molecule has 238 valence electrons. The molecule has 10 heteroatoms. The Morgan fingerprint density at radius 3 is 2.18 bits per heavy atom. The minimum absolute atomic E-state index is 0.0403. The van der Waals surface area contributed by atoms with Crippen molar-refractivity contribution in [2.75, 3.05) is 7.11 Å². The lowest BCUT2D eigenvalue weighted by Gasteiger charge is -2.20. The van der Waals surface area contributed by atoms with Crippen LogP contribution < -0.4 is 10.1 Å². The Morgan fingerprint density at radius 1 is 0.911 bits per heavy atom. The Bertz CT molecular complexity index is 1620. The SMILES string of the molecule is COc1ccc(CNC(=O)c2c(-c3ccccc3)c(-c3ccc(F)cc3)c(CCC(O)CC(O)CC(=O)O)n2C(C)C)cc1F. The van der Waals surface area contributed by atoms with Crippen molar-refractivity contribution >= 4 is 11.9 Å². The van der Waals surface area contributed by atoms with Crippen molar-refractivity contribution in [3.8, 4) is 28.0 Å². The molecule has 4 rings (SSSR count). The van der Waals surface area contributed by atoms with E-state index in [1.165, 1.54) is 31.4 Å². The Balaban J connectivity index is 1.83. The predicted molar refractivity (Wildman–Crippen MR) is 167 cm³/mol. The Morgan fingerprint density at radius 2 is 1.58 bits per heavy atom. The second-order valence-corrected chi connectivity index (χ2v) is 11.2. The number of ether oxygens (including phenoxy) is 1. The third-order valence-corrected chi connectivity index (χ3v) is 7.57. The molecule has 8 nitrogen and oxygen atoms in total. The van der Waals surface area contributed by atoms with Crippen molar-refractivity contribution in [3.63, 3.8) is 0 Å². The van der Waals surface area contributed by atoms with Gasteiger partial charge in [-0.25, -0.2) is 8.78 Å². The summed E-state index contributed by atoms with van der Waals surface area (Å²) in [5.74, 6) is -2.45. The van der Waals surface area contributed by atoms with Gasteiger partial charge in [-0.3, -0.25) is 9.59 Å². The summed E-state index contributed by atoms with van der Waals surface area (Å²) in [6.45, 7) is 3.89. The lowest BCUT2D eigenvalue weighted by Crippen LogP contribution is -2.27. The number of nitrogens with one attached hydrogen (secondary N) is 1. The van der Waals surface area contributed by atoms with Gasteiger partial charge in [0.1, 0.15) is 11.5 Å². The second-order valence-electron chi connectivity index (χ2n) is 11.2. The van der Waals surface area contributed by atoms with Gasteiger partial charge in [-0.1, -0.05) is 48.5 Å².